The summed E-state index contributed by atoms with van der Waals surface area (Å²) >= 11 is 0. The van der Waals surface area contributed by atoms with Crippen LogP contribution in [-0.2, 0) is 17.8 Å². The molecule has 1 saturated heterocycles. The van der Waals surface area contributed by atoms with Crippen LogP contribution in [0, 0.1) is 11.6 Å². The summed E-state index contributed by atoms with van der Waals surface area (Å²) in [4.78, 5) is 40.2. The van der Waals surface area contributed by atoms with E-state index < -0.39 is 35.1 Å². The van der Waals surface area contributed by atoms with E-state index in [1.807, 2.05) is 6.92 Å². The Morgan fingerprint density at radius 3 is 2.81 bits per heavy atom. The molecule has 2 aromatic rings. The Morgan fingerprint density at radius 1 is 1.32 bits per heavy atom. The first kappa shape index (κ1) is 21.0. The highest BCUT2D eigenvalue weighted by Gasteiger charge is 2.41. The van der Waals surface area contributed by atoms with Gasteiger partial charge in [-0.1, -0.05) is 6.07 Å². The van der Waals surface area contributed by atoms with Crippen LogP contribution < -0.4 is 15.5 Å². The second kappa shape index (κ2) is 8.10. The predicted molar refractivity (Wildman–Crippen MR) is 105 cm³/mol. The van der Waals surface area contributed by atoms with Crippen molar-refractivity contribution in [3.05, 3.63) is 63.1 Å². The van der Waals surface area contributed by atoms with Crippen molar-refractivity contribution in [3.63, 3.8) is 0 Å². The van der Waals surface area contributed by atoms with Gasteiger partial charge in [-0.15, -0.1) is 0 Å². The van der Waals surface area contributed by atoms with Crippen LogP contribution >= 0.6 is 0 Å². The lowest BCUT2D eigenvalue weighted by Gasteiger charge is -2.44. The molecule has 2 aliphatic rings. The Kier molecular flexibility index (Phi) is 5.48. The van der Waals surface area contributed by atoms with Crippen molar-refractivity contribution in [2.75, 3.05) is 13.7 Å². The molecule has 2 aliphatic heterocycles. The summed E-state index contributed by atoms with van der Waals surface area (Å²) < 4.78 is 39.3. The van der Waals surface area contributed by atoms with Crippen molar-refractivity contribution in [3.8, 4) is 5.75 Å². The molecule has 3 heterocycles. The lowest BCUT2D eigenvalue weighted by atomic mass is 10.1. The summed E-state index contributed by atoms with van der Waals surface area (Å²) in [6, 6.07) is 2.93. The summed E-state index contributed by atoms with van der Waals surface area (Å²) in [5.74, 6) is -2.95. The van der Waals surface area contributed by atoms with Crippen molar-refractivity contribution in [1.29, 1.82) is 0 Å². The van der Waals surface area contributed by atoms with Crippen LogP contribution in [0.25, 0.3) is 0 Å². The molecule has 1 aromatic heterocycles. The van der Waals surface area contributed by atoms with E-state index in [2.05, 4.69) is 5.32 Å². The number of nitrogens with zero attached hydrogens (tertiary/aromatic N) is 2. The molecule has 4 rings (SSSR count). The number of nitrogens with one attached hydrogen (secondary N) is 1. The van der Waals surface area contributed by atoms with E-state index in [0.717, 1.165) is 6.07 Å². The first-order valence-electron chi connectivity index (χ1n) is 9.79. The fraction of sp³-hybridized carbons (Fsp3) is 0.381. The second-order valence-corrected chi connectivity index (χ2v) is 7.50. The number of benzene rings is 1. The Balaban J connectivity index is 1.66. The number of ether oxygens (including phenoxy) is 2. The van der Waals surface area contributed by atoms with Gasteiger partial charge in [0.05, 0.1) is 20.3 Å². The van der Waals surface area contributed by atoms with Gasteiger partial charge < -0.3 is 24.3 Å². The smallest absolute Gasteiger partial charge is 0.276 e. The summed E-state index contributed by atoms with van der Waals surface area (Å²) in [7, 11) is 1.25. The Labute approximate surface area is 176 Å². The van der Waals surface area contributed by atoms with E-state index in [9.17, 15) is 23.2 Å². The van der Waals surface area contributed by atoms with Crippen molar-refractivity contribution in [2.24, 2.45) is 0 Å². The van der Waals surface area contributed by atoms with Crippen LogP contribution in [0.5, 0.6) is 5.75 Å². The predicted octanol–water partition coefficient (Wildman–Crippen LogP) is 1.66. The maximum absolute atomic E-state index is 13.8. The third-order valence-electron chi connectivity index (χ3n) is 5.56. The Morgan fingerprint density at radius 2 is 2.10 bits per heavy atom. The van der Waals surface area contributed by atoms with Gasteiger partial charge in [-0.05, 0) is 19.4 Å². The molecule has 1 aromatic carbocycles. The third-order valence-corrected chi connectivity index (χ3v) is 5.56. The molecule has 0 spiro atoms. The average molecular weight is 433 g/mol. The number of methoxy groups -OCH3 is 1. The first-order chi connectivity index (χ1) is 14.8. The number of carbonyl (C=O) groups is 2. The minimum Gasteiger partial charge on any atom is -0.491 e. The van der Waals surface area contributed by atoms with Crippen LogP contribution in [0.15, 0.2) is 29.2 Å². The Bertz CT molecular complexity index is 1120. The average Bonchev–Trinajstić information content (AvgIpc) is 2.73. The molecule has 10 heteroatoms. The molecule has 2 atom stereocenters. The molecule has 0 bridgehead atoms. The molecule has 8 nitrogen and oxygen atoms in total. The fourth-order valence-corrected chi connectivity index (χ4v) is 3.93. The number of pyridine rings is 1. The van der Waals surface area contributed by atoms with Gasteiger partial charge in [0.2, 0.25) is 5.43 Å². The maximum atomic E-state index is 13.8. The minimum atomic E-state index is -0.811. The quantitative estimate of drug-likeness (QED) is 0.792. The molecule has 2 amide bonds. The minimum absolute atomic E-state index is 0.0576. The van der Waals surface area contributed by atoms with Crippen LogP contribution in [0.3, 0.4) is 0 Å². The lowest BCUT2D eigenvalue weighted by Crippen LogP contribution is -2.57. The standard InChI is InChI=1S/C21H21F2N3O5/c1-11-5-6-31-16-10-25-9-14(18(27)19(30-2)17(25)21(29)26(11)16)20(28)24-8-12-3-4-13(22)7-15(12)23/h3-4,7,9,11,16H,5-6,8,10H2,1-2H3,(H,24,28)/t11-,16-/m0/s1. The van der Waals surface area contributed by atoms with E-state index in [0.29, 0.717) is 19.1 Å². The second-order valence-electron chi connectivity index (χ2n) is 7.50. The van der Waals surface area contributed by atoms with E-state index in [-0.39, 0.29) is 41.7 Å². The molecule has 0 unspecified atom stereocenters. The van der Waals surface area contributed by atoms with E-state index in [4.69, 9.17) is 9.47 Å². The van der Waals surface area contributed by atoms with Gasteiger partial charge >= 0.3 is 0 Å². The topological polar surface area (TPSA) is 89.9 Å². The van der Waals surface area contributed by atoms with E-state index in [1.165, 1.54) is 23.9 Å². The van der Waals surface area contributed by atoms with Gasteiger partial charge in [0.15, 0.2) is 17.7 Å². The van der Waals surface area contributed by atoms with Gasteiger partial charge in [0.1, 0.15) is 17.2 Å². The maximum Gasteiger partial charge on any atom is 0.276 e. The van der Waals surface area contributed by atoms with Gasteiger partial charge in [-0.2, -0.15) is 0 Å². The van der Waals surface area contributed by atoms with Gasteiger partial charge in [-0.25, -0.2) is 8.78 Å². The summed E-state index contributed by atoms with van der Waals surface area (Å²) in [6.45, 7) is 2.39. The number of hydrogen-bond donors (Lipinski definition) is 1. The van der Waals surface area contributed by atoms with Gasteiger partial charge in [0.25, 0.3) is 11.8 Å². The highest BCUT2D eigenvalue weighted by atomic mass is 19.1. The van der Waals surface area contributed by atoms with Gasteiger partial charge in [0, 0.05) is 30.4 Å². The molecule has 164 valence electrons. The van der Waals surface area contributed by atoms with E-state index in [1.54, 1.807) is 4.90 Å². The van der Waals surface area contributed by atoms with Crippen molar-refractivity contribution in [2.45, 2.75) is 38.7 Å². The monoisotopic (exact) mass is 433 g/mol. The molecule has 0 saturated carbocycles. The van der Waals surface area contributed by atoms with Crippen molar-refractivity contribution in [1.82, 2.24) is 14.8 Å². The SMILES string of the molecule is COc1c2n(cc(C(=O)NCc3ccc(F)cc3F)c1=O)C[C@@H]1OCC[C@H](C)N1C2=O. The summed E-state index contributed by atoms with van der Waals surface area (Å²) in [5, 5.41) is 2.45. The number of hydrogen-bond acceptors (Lipinski definition) is 5. The first-order valence-corrected chi connectivity index (χ1v) is 9.79. The zero-order chi connectivity index (χ0) is 22.3. The number of aromatic nitrogens is 1. The molecular weight excluding hydrogens is 412 g/mol. The number of fused-ring (bicyclic) bond motifs is 2. The molecule has 1 N–H and O–H groups in total. The number of rotatable bonds is 4. The number of amides is 2. The van der Waals surface area contributed by atoms with Crippen molar-refractivity contribution < 1.29 is 27.8 Å². The van der Waals surface area contributed by atoms with Crippen molar-refractivity contribution >= 4 is 11.8 Å². The number of halogens is 2. The van der Waals surface area contributed by atoms with Crippen LogP contribution in [0.2, 0.25) is 0 Å². The zero-order valence-corrected chi connectivity index (χ0v) is 17.0. The highest BCUT2D eigenvalue weighted by Crippen LogP contribution is 2.29. The molecule has 0 aliphatic carbocycles. The fourth-order valence-electron chi connectivity index (χ4n) is 3.93. The van der Waals surface area contributed by atoms with Crippen LogP contribution in [0.1, 0.15) is 39.8 Å². The molecule has 31 heavy (non-hydrogen) atoms. The highest BCUT2D eigenvalue weighted by molar-refractivity contribution is 5.99. The van der Waals surface area contributed by atoms with Crippen LogP contribution in [-0.4, -0.2) is 47.3 Å². The van der Waals surface area contributed by atoms with Crippen LogP contribution in [0.4, 0.5) is 8.78 Å². The van der Waals surface area contributed by atoms with E-state index >= 15 is 0 Å². The molecule has 1 fully saturated rings. The summed E-state index contributed by atoms with van der Waals surface area (Å²) in [5.41, 5.74) is -0.881. The third kappa shape index (κ3) is 3.67. The molecule has 0 radical (unpaired) electrons. The normalized spacial score (nSPS) is 20.1. The molecular formula is C21H21F2N3O5. The summed E-state index contributed by atoms with van der Waals surface area (Å²) in [6.07, 6.45) is 1.45. The van der Waals surface area contributed by atoms with Gasteiger partial charge in [-0.3, -0.25) is 14.4 Å². The zero-order valence-electron chi connectivity index (χ0n) is 17.0. The largest absolute Gasteiger partial charge is 0.491 e. The lowest BCUT2D eigenvalue weighted by molar-refractivity contribution is -0.112. The Hall–Kier alpha value is -3.27. The number of carbonyl (C=O) groups excluding carboxylic acids is 2.